The number of rotatable bonds is 7. The molecule has 18 heavy (non-hydrogen) atoms. The minimum Gasteiger partial charge on any atom is -0.395 e. The van der Waals surface area contributed by atoms with E-state index in [0.717, 1.165) is 29.2 Å². The van der Waals surface area contributed by atoms with Crippen molar-refractivity contribution in [3.8, 4) is 0 Å². The van der Waals surface area contributed by atoms with Gasteiger partial charge in [-0.05, 0) is 12.5 Å². The minimum atomic E-state index is -3.79. The molecule has 0 spiro atoms. The van der Waals surface area contributed by atoms with Crippen LogP contribution >= 0.6 is 0 Å². The van der Waals surface area contributed by atoms with E-state index >= 15 is 0 Å². The Bertz CT molecular complexity index is 479. The van der Waals surface area contributed by atoms with E-state index in [1.165, 1.54) is 0 Å². The van der Waals surface area contributed by atoms with E-state index < -0.39 is 15.8 Å². The average Bonchev–Trinajstić information content (AvgIpc) is 2.34. The number of sulfonamides is 1. The van der Waals surface area contributed by atoms with Crippen LogP contribution in [0.1, 0.15) is 19.8 Å². The second kappa shape index (κ2) is 6.77. The molecule has 0 saturated carbocycles. The Balaban J connectivity index is 3.00. The number of unbranched alkanes of at least 4 members (excludes halogenated alkanes) is 1. The molecule has 0 bridgehead atoms. The standard InChI is InChI=1S/C11H17FN2O3S/c1-2-3-4-14(5-6-15)18(16,17)11-7-10(12)8-13-9-11/h7-9,15H,2-6H2,1H3. The first kappa shape index (κ1) is 15.0. The Labute approximate surface area is 106 Å². The Hall–Kier alpha value is -1.05. The molecular formula is C11H17FN2O3S. The molecule has 5 nitrogen and oxygen atoms in total. The van der Waals surface area contributed by atoms with Crippen LogP contribution in [0.2, 0.25) is 0 Å². The van der Waals surface area contributed by atoms with E-state index in [1.807, 2.05) is 6.92 Å². The summed E-state index contributed by atoms with van der Waals surface area (Å²) in [7, 11) is -3.79. The summed E-state index contributed by atoms with van der Waals surface area (Å²) in [5, 5.41) is 8.91. The van der Waals surface area contributed by atoms with Gasteiger partial charge in [0.25, 0.3) is 0 Å². The van der Waals surface area contributed by atoms with Crippen LogP contribution < -0.4 is 0 Å². The highest BCUT2D eigenvalue weighted by atomic mass is 32.2. The van der Waals surface area contributed by atoms with Crippen molar-refractivity contribution in [3.63, 3.8) is 0 Å². The van der Waals surface area contributed by atoms with Gasteiger partial charge in [-0.25, -0.2) is 12.8 Å². The number of aromatic nitrogens is 1. The van der Waals surface area contributed by atoms with Gasteiger partial charge >= 0.3 is 0 Å². The van der Waals surface area contributed by atoms with Crippen LogP contribution in [0.5, 0.6) is 0 Å². The number of hydrogen-bond donors (Lipinski definition) is 1. The molecule has 1 rings (SSSR count). The lowest BCUT2D eigenvalue weighted by Gasteiger charge is -2.20. The van der Waals surface area contributed by atoms with Crippen molar-refractivity contribution in [1.29, 1.82) is 0 Å². The highest BCUT2D eigenvalue weighted by Crippen LogP contribution is 2.15. The van der Waals surface area contributed by atoms with Crippen molar-refractivity contribution in [2.45, 2.75) is 24.7 Å². The Kier molecular flexibility index (Phi) is 5.64. The van der Waals surface area contributed by atoms with Crippen LogP contribution in [0.25, 0.3) is 0 Å². The molecule has 0 unspecified atom stereocenters. The zero-order valence-corrected chi connectivity index (χ0v) is 11.0. The van der Waals surface area contributed by atoms with Gasteiger partial charge in [0.1, 0.15) is 10.7 Å². The molecule has 0 fully saturated rings. The van der Waals surface area contributed by atoms with Crippen molar-refractivity contribution in [2.24, 2.45) is 0 Å². The summed E-state index contributed by atoms with van der Waals surface area (Å²) in [6.45, 7) is 1.97. The smallest absolute Gasteiger partial charge is 0.244 e. The molecule has 0 aliphatic carbocycles. The predicted molar refractivity (Wildman–Crippen MR) is 64.9 cm³/mol. The van der Waals surface area contributed by atoms with Gasteiger partial charge in [0.05, 0.1) is 12.8 Å². The first-order valence-electron chi connectivity index (χ1n) is 5.74. The van der Waals surface area contributed by atoms with Crippen LogP contribution in [0.15, 0.2) is 23.4 Å². The summed E-state index contributed by atoms with van der Waals surface area (Å²) >= 11 is 0. The van der Waals surface area contributed by atoms with E-state index in [1.54, 1.807) is 0 Å². The lowest BCUT2D eigenvalue weighted by molar-refractivity contribution is 0.252. The normalized spacial score (nSPS) is 12.0. The number of nitrogens with zero attached hydrogens (tertiary/aromatic N) is 2. The third kappa shape index (κ3) is 3.72. The summed E-state index contributed by atoms with van der Waals surface area (Å²) in [5.74, 6) is -0.699. The monoisotopic (exact) mass is 276 g/mol. The molecule has 0 saturated heterocycles. The molecule has 1 N–H and O–H groups in total. The van der Waals surface area contributed by atoms with Gasteiger partial charge < -0.3 is 5.11 Å². The molecule has 7 heteroatoms. The van der Waals surface area contributed by atoms with Gasteiger partial charge in [0.15, 0.2) is 0 Å². The fraction of sp³-hybridized carbons (Fsp3) is 0.545. The lowest BCUT2D eigenvalue weighted by atomic mass is 10.3. The van der Waals surface area contributed by atoms with Crippen LogP contribution in [-0.2, 0) is 10.0 Å². The third-order valence-electron chi connectivity index (χ3n) is 2.43. The summed E-state index contributed by atoms with van der Waals surface area (Å²) < 4.78 is 38.5. The van der Waals surface area contributed by atoms with Crippen LogP contribution in [0.3, 0.4) is 0 Å². The fourth-order valence-electron chi connectivity index (χ4n) is 1.48. The van der Waals surface area contributed by atoms with Gasteiger partial charge in [0, 0.05) is 19.3 Å². The van der Waals surface area contributed by atoms with E-state index in [0.29, 0.717) is 13.0 Å². The van der Waals surface area contributed by atoms with E-state index in [9.17, 15) is 12.8 Å². The molecule has 0 amide bonds. The van der Waals surface area contributed by atoms with Crippen LogP contribution in [-0.4, -0.2) is 42.5 Å². The van der Waals surface area contributed by atoms with E-state index in [4.69, 9.17) is 5.11 Å². The van der Waals surface area contributed by atoms with E-state index in [-0.39, 0.29) is 18.0 Å². The number of pyridine rings is 1. The summed E-state index contributed by atoms with van der Waals surface area (Å²) in [6.07, 6.45) is 3.57. The molecule has 1 aromatic rings. The number of halogens is 1. The maximum atomic E-state index is 13.0. The molecule has 1 heterocycles. The van der Waals surface area contributed by atoms with Gasteiger partial charge in [-0.15, -0.1) is 0 Å². The van der Waals surface area contributed by atoms with Gasteiger partial charge in [-0.1, -0.05) is 13.3 Å². The Morgan fingerprint density at radius 2 is 2.11 bits per heavy atom. The third-order valence-corrected chi connectivity index (χ3v) is 4.29. The fourth-order valence-corrected chi connectivity index (χ4v) is 2.93. The summed E-state index contributed by atoms with van der Waals surface area (Å²) in [5.41, 5.74) is 0. The van der Waals surface area contributed by atoms with Crippen molar-refractivity contribution < 1.29 is 17.9 Å². The lowest BCUT2D eigenvalue weighted by Crippen LogP contribution is -2.34. The number of aliphatic hydroxyl groups is 1. The van der Waals surface area contributed by atoms with Crippen molar-refractivity contribution in [1.82, 2.24) is 9.29 Å². The van der Waals surface area contributed by atoms with Crippen molar-refractivity contribution in [2.75, 3.05) is 19.7 Å². The van der Waals surface area contributed by atoms with Crippen LogP contribution in [0, 0.1) is 5.82 Å². The molecule has 0 aliphatic heterocycles. The number of hydrogen-bond acceptors (Lipinski definition) is 4. The van der Waals surface area contributed by atoms with Gasteiger partial charge in [-0.3, -0.25) is 4.98 Å². The van der Waals surface area contributed by atoms with Crippen LogP contribution in [0.4, 0.5) is 4.39 Å². The SMILES string of the molecule is CCCCN(CCO)S(=O)(=O)c1cncc(F)c1. The predicted octanol–water partition coefficient (Wildman–Crippen LogP) is 1.00. The largest absolute Gasteiger partial charge is 0.395 e. The van der Waals surface area contributed by atoms with Crippen molar-refractivity contribution >= 4 is 10.0 Å². The maximum absolute atomic E-state index is 13.0. The van der Waals surface area contributed by atoms with Gasteiger partial charge in [0.2, 0.25) is 10.0 Å². The Morgan fingerprint density at radius 1 is 1.39 bits per heavy atom. The second-order valence-corrected chi connectivity index (χ2v) is 5.76. The molecule has 0 radical (unpaired) electrons. The van der Waals surface area contributed by atoms with E-state index in [2.05, 4.69) is 4.98 Å². The molecule has 1 aromatic heterocycles. The zero-order valence-electron chi connectivity index (χ0n) is 10.2. The average molecular weight is 276 g/mol. The first-order chi connectivity index (χ1) is 8.52. The highest BCUT2D eigenvalue weighted by Gasteiger charge is 2.24. The quantitative estimate of drug-likeness (QED) is 0.806. The summed E-state index contributed by atoms with van der Waals surface area (Å²) in [4.78, 5) is 3.34. The zero-order chi connectivity index (χ0) is 13.6. The molecule has 0 aliphatic rings. The Morgan fingerprint density at radius 3 is 2.67 bits per heavy atom. The topological polar surface area (TPSA) is 70.5 Å². The highest BCUT2D eigenvalue weighted by molar-refractivity contribution is 7.89. The maximum Gasteiger partial charge on any atom is 0.244 e. The minimum absolute atomic E-state index is 0.00114. The molecular weight excluding hydrogens is 259 g/mol. The molecule has 0 atom stereocenters. The first-order valence-corrected chi connectivity index (χ1v) is 7.18. The number of aliphatic hydroxyl groups excluding tert-OH is 1. The molecule has 0 aromatic carbocycles. The van der Waals surface area contributed by atoms with Gasteiger partial charge in [-0.2, -0.15) is 4.31 Å². The second-order valence-electron chi connectivity index (χ2n) is 3.82. The van der Waals surface area contributed by atoms with Crippen molar-refractivity contribution in [3.05, 3.63) is 24.3 Å². The summed E-state index contributed by atoms with van der Waals surface area (Å²) in [6, 6.07) is 0.929. The molecule has 102 valence electrons.